The molecule has 1 aliphatic rings. The summed E-state index contributed by atoms with van der Waals surface area (Å²) in [7, 11) is 0. The second kappa shape index (κ2) is 8.59. The minimum absolute atomic E-state index is 0.00747. The molecule has 29 heavy (non-hydrogen) atoms. The number of aryl methyl sites for hydroxylation is 1. The number of rotatable bonds is 6. The number of amidine groups is 1. The van der Waals surface area contributed by atoms with Gasteiger partial charge in [-0.05, 0) is 61.2 Å². The van der Waals surface area contributed by atoms with Gasteiger partial charge < -0.3 is 4.74 Å². The van der Waals surface area contributed by atoms with E-state index in [1.807, 2.05) is 0 Å². The zero-order chi connectivity index (χ0) is 21.0. The molecule has 0 amide bonds. The normalized spacial score (nSPS) is 16.4. The van der Waals surface area contributed by atoms with Gasteiger partial charge in [0.05, 0.1) is 6.04 Å². The highest BCUT2D eigenvalue weighted by atomic mass is 19.4. The largest absolute Gasteiger partial charge is 0.573 e. The first-order valence-electron chi connectivity index (χ1n) is 9.12. The standard InChI is InChI=1S/C22H20F4N2O/c1-14(2)19-13-16(6-10-20(19)23)21-27-12-11-17(28-21)7-3-15-4-8-18(9-5-15)29-22(24,25)26/h4-6,8-10,12-13,17H,1,3,7,11H2,2H3. The Balaban J connectivity index is 1.65. The minimum atomic E-state index is -4.70. The number of halogens is 4. The lowest BCUT2D eigenvalue weighted by atomic mass is 10.0. The van der Waals surface area contributed by atoms with E-state index in [1.165, 1.54) is 18.2 Å². The van der Waals surface area contributed by atoms with E-state index in [9.17, 15) is 17.6 Å². The van der Waals surface area contributed by atoms with Gasteiger partial charge in [-0.1, -0.05) is 18.7 Å². The maximum absolute atomic E-state index is 13.9. The summed E-state index contributed by atoms with van der Waals surface area (Å²) in [5.74, 6) is -0.0372. The fourth-order valence-electron chi connectivity index (χ4n) is 3.03. The van der Waals surface area contributed by atoms with E-state index in [4.69, 9.17) is 0 Å². The van der Waals surface area contributed by atoms with Crippen molar-refractivity contribution in [3.63, 3.8) is 0 Å². The van der Waals surface area contributed by atoms with Crippen molar-refractivity contribution in [3.8, 4) is 5.75 Å². The predicted molar refractivity (Wildman–Crippen MR) is 106 cm³/mol. The number of aliphatic imine (C=N–C) groups is 2. The third kappa shape index (κ3) is 5.76. The molecule has 0 radical (unpaired) electrons. The Bertz CT molecular complexity index is 946. The number of allylic oxidation sites excluding steroid dienone is 1. The molecule has 7 heteroatoms. The Labute approximate surface area is 166 Å². The molecule has 0 saturated carbocycles. The third-order valence-electron chi connectivity index (χ3n) is 4.50. The molecule has 0 saturated heterocycles. The van der Waals surface area contributed by atoms with Gasteiger partial charge >= 0.3 is 6.36 Å². The Kier molecular flexibility index (Phi) is 6.15. The monoisotopic (exact) mass is 404 g/mol. The molecule has 1 unspecified atom stereocenters. The van der Waals surface area contributed by atoms with Crippen molar-refractivity contribution in [2.24, 2.45) is 9.98 Å². The van der Waals surface area contributed by atoms with Crippen LogP contribution in [0, 0.1) is 5.82 Å². The highest BCUT2D eigenvalue weighted by Gasteiger charge is 2.30. The van der Waals surface area contributed by atoms with Crippen LogP contribution in [-0.2, 0) is 6.42 Å². The van der Waals surface area contributed by atoms with Gasteiger partial charge in [0.15, 0.2) is 5.84 Å². The van der Waals surface area contributed by atoms with Crippen molar-refractivity contribution in [2.45, 2.75) is 38.6 Å². The van der Waals surface area contributed by atoms with Crippen LogP contribution in [0.4, 0.5) is 17.6 Å². The fraction of sp³-hybridized carbons (Fsp3) is 0.273. The van der Waals surface area contributed by atoms with Gasteiger partial charge in [0.1, 0.15) is 11.6 Å². The van der Waals surface area contributed by atoms with Gasteiger partial charge in [0.2, 0.25) is 0 Å². The SMILES string of the molecule is C=C(C)c1cc(C2=NC(CCc3ccc(OC(F)(F)F)cc3)CC=N2)ccc1F. The molecule has 0 N–H and O–H groups in total. The van der Waals surface area contributed by atoms with E-state index in [-0.39, 0.29) is 17.6 Å². The number of nitrogens with zero attached hydrogens (tertiary/aromatic N) is 2. The summed E-state index contributed by atoms with van der Waals surface area (Å²) in [5, 5.41) is 0. The zero-order valence-corrected chi connectivity index (χ0v) is 15.8. The lowest BCUT2D eigenvalue weighted by molar-refractivity contribution is -0.274. The molecule has 152 valence electrons. The highest BCUT2D eigenvalue weighted by Crippen LogP contribution is 2.24. The van der Waals surface area contributed by atoms with Crippen molar-refractivity contribution in [1.82, 2.24) is 0 Å². The highest BCUT2D eigenvalue weighted by molar-refractivity contribution is 6.04. The molecular formula is C22H20F4N2O. The second-order valence-corrected chi connectivity index (χ2v) is 6.86. The summed E-state index contributed by atoms with van der Waals surface area (Å²) < 4.78 is 54.4. The van der Waals surface area contributed by atoms with Crippen molar-refractivity contribution >= 4 is 17.6 Å². The van der Waals surface area contributed by atoms with E-state index < -0.39 is 6.36 Å². The minimum Gasteiger partial charge on any atom is -0.406 e. The number of ether oxygens (including phenoxy) is 1. The van der Waals surface area contributed by atoms with Gasteiger partial charge in [-0.15, -0.1) is 13.2 Å². The maximum atomic E-state index is 13.9. The summed E-state index contributed by atoms with van der Waals surface area (Å²) in [6, 6.07) is 10.5. The predicted octanol–water partition coefficient (Wildman–Crippen LogP) is 5.98. The lowest BCUT2D eigenvalue weighted by Crippen LogP contribution is -2.17. The molecule has 2 aromatic carbocycles. The van der Waals surface area contributed by atoms with E-state index in [1.54, 1.807) is 37.4 Å². The molecule has 0 fully saturated rings. The average Bonchev–Trinajstić information content (AvgIpc) is 2.66. The van der Waals surface area contributed by atoms with Crippen LogP contribution in [0.15, 0.2) is 59.0 Å². The van der Waals surface area contributed by atoms with Crippen LogP contribution in [0.25, 0.3) is 5.57 Å². The Hall–Kier alpha value is -2.96. The van der Waals surface area contributed by atoms with Crippen LogP contribution in [0.5, 0.6) is 5.75 Å². The molecule has 3 rings (SSSR count). The summed E-state index contributed by atoms with van der Waals surface area (Å²) in [5.41, 5.74) is 2.67. The first kappa shape index (κ1) is 20.8. The molecule has 0 aromatic heterocycles. The Morgan fingerprint density at radius 1 is 1.17 bits per heavy atom. The number of alkyl halides is 3. The number of hydrogen-bond donors (Lipinski definition) is 0. The smallest absolute Gasteiger partial charge is 0.406 e. The maximum Gasteiger partial charge on any atom is 0.573 e. The summed E-state index contributed by atoms with van der Waals surface area (Å²) in [6.07, 6.45) is -0.867. The molecule has 0 bridgehead atoms. The summed E-state index contributed by atoms with van der Waals surface area (Å²) in [6.45, 7) is 5.52. The summed E-state index contributed by atoms with van der Waals surface area (Å²) in [4.78, 5) is 8.99. The van der Waals surface area contributed by atoms with Crippen LogP contribution in [0.2, 0.25) is 0 Å². The molecule has 0 spiro atoms. The third-order valence-corrected chi connectivity index (χ3v) is 4.50. The van der Waals surface area contributed by atoms with Gasteiger partial charge in [-0.25, -0.2) is 9.38 Å². The molecule has 2 aromatic rings. The van der Waals surface area contributed by atoms with Crippen LogP contribution in [-0.4, -0.2) is 24.5 Å². The lowest BCUT2D eigenvalue weighted by Gasteiger charge is -2.16. The van der Waals surface area contributed by atoms with E-state index >= 15 is 0 Å². The fourth-order valence-corrected chi connectivity index (χ4v) is 3.03. The molecule has 3 nitrogen and oxygen atoms in total. The van der Waals surface area contributed by atoms with E-state index in [0.29, 0.717) is 36.2 Å². The van der Waals surface area contributed by atoms with Crippen molar-refractivity contribution in [3.05, 3.63) is 71.6 Å². The summed E-state index contributed by atoms with van der Waals surface area (Å²) >= 11 is 0. The van der Waals surface area contributed by atoms with Gasteiger partial charge in [0.25, 0.3) is 0 Å². The Morgan fingerprint density at radius 3 is 2.55 bits per heavy atom. The van der Waals surface area contributed by atoms with Gasteiger partial charge in [-0.2, -0.15) is 0 Å². The topological polar surface area (TPSA) is 34.0 Å². The molecule has 1 heterocycles. The molecule has 0 aliphatic carbocycles. The molecule has 1 atom stereocenters. The van der Waals surface area contributed by atoms with E-state index in [0.717, 1.165) is 11.1 Å². The van der Waals surface area contributed by atoms with Crippen molar-refractivity contribution in [1.29, 1.82) is 0 Å². The zero-order valence-electron chi connectivity index (χ0n) is 15.8. The first-order chi connectivity index (χ1) is 13.7. The van der Waals surface area contributed by atoms with Crippen LogP contribution >= 0.6 is 0 Å². The Morgan fingerprint density at radius 2 is 1.90 bits per heavy atom. The first-order valence-corrected chi connectivity index (χ1v) is 9.12. The molecule has 1 aliphatic heterocycles. The second-order valence-electron chi connectivity index (χ2n) is 6.86. The number of benzene rings is 2. The van der Waals surface area contributed by atoms with Gasteiger partial charge in [-0.3, -0.25) is 4.99 Å². The number of hydrogen-bond acceptors (Lipinski definition) is 3. The van der Waals surface area contributed by atoms with E-state index in [2.05, 4.69) is 21.3 Å². The van der Waals surface area contributed by atoms with Crippen LogP contribution < -0.4 is 4.74 Å². The van der Waals surface area contributed by atoms with Crippen molar-refractivity contribution < 1.29 is 22.3 Å². The average molecular weight is 404 g/mol. The molecular weight excluding hydrogens is 384 g/mol. The van der Waals surface area contributed by atoms with Gasteiger partial charge in [0, 0.05) is 23.8 Å². The quantitative estimate of drug-likeness (QED) is 0.546. The van der Waals surface area contributed by atoms with Crippen LogP contribution in [0.3, 0.4) is 0 Å². The van der Waals surface area contributed by atoms with Crippen molar-refractivity contribution in [2.75, 3.05) is 0 Å². The van der Waals surface area contributed by atoms with Crippen LogP contribution in [0.1, 0.15) is 36.5 Å².